The van der Waals surface area contributed by atoms with Crippen molar-refractivity contribution in [2.24, 2.45) is 11.7 Å². The molecule has 1 saturated carbocycles. The molecule has 2 rings (SSSR count). The normalized spacial score (nSPS) is 21.3. The van der Waals surface area contributed by atoms with Gasteiger partial charge in [0.15, 0.2) is 0 Å². The summed E-state index contributed by atoms with van der Waals surface area (Å²) >= 11 is 0. The highest BCUT2D eigenvalue weighted by atomic mass is 16.2. The van der Waals surface area contributed by atoms with Crippen LogP contribution >= 0.6 is 0 Å². The van der Waals surface area contributed by atoms with Crippen LogP contribution in [0.25, 0.3) is 0 Å². The van der Waals surface area contributed by atoms with Crippen molar-refractivity contribution < 1.29 is 9.59 Å². The van der Waals surface area contributed by atoms with Gasteiger partial charge in [0.1, 0.15) is 0 Å². The number of nitrogens with two attached hydrogens (primary N) is 1. The van der Waals surface area contributed by atoms with Gasteiger partial charge in [0.2, 0.25) is 11.8 Å². The lowest BCUT2D eigenvalue weighted by Crippen LogP contribution is -2.52. The predicted octanol–water partition coefficient (Wildman–Crippen LogP) is -0.214. The number of hydrogen-bond acceptors (Lipinski definition) is 4. The van der Waals surface area contributed by atoms with Crippen molar-refractivity contribution in [3.05, 3.63) is 0 Å². The number of hydrogen-bond donors (Lipinski definition) is 2. The van der Waals surface area contributed by atoms with Crippen molar-refractivity contribution in [3.8, 4) is 0 Å². The molecule has 0 atom stereocenters. The van der Waals surface area contributed by atoms with E-state index in [2.05, 4.69) is 10.2 Å². The summed E-state index contributed by atoms with van der Waals surface area (Å²) in [5.74, 6) is 0.568. The van der Waals surface area contributed by atoms with Crippen molar-refractivity contribution >= 4 is 11.8 Å². The van der Waals surface area contributed by atoms with Crippen LogP contribution < -0.4 is 11.1 Å². The minimum absolute atomic E-state index is 0.00545. The molecule has 21 heavy (non-hydrogen) atoms. The second-order valence-corrected chi connectivity index (χ2v) is 6.17. The van der Waals surface area contributed by atoms with Gasteiger partial charge in [-0.3, -0.25) is 14.5 Å². The van der Waals surface area contributed by atoms with Gasteiger partial charge in [-0.2, -0.15) is 0 Å². The third kappa shape index (κ3) is 5.28. The maximum Gasteiger partial charge on any atom is 0.242 e. The van der Waals surface area contributed by atoms with E-state index in [1.807, 2.05) is 4.90 Å². The first kappa shape index (κ1) is 16.2. The number of nitrogens with zero attached hydrogens (tertiary/aromatic N) is 2. The molecule has 0 aromatic carbocycles. The minimum atomic E-state index is -0.278. The second-order valence-electron chi connectivity index (χ2n) is 6.17. The fourth-order valence-corrected chi connectivity index (χ4v) is 3.27. The molecule has 0 aromatic rings. The molecule has 3 N–H and O–H groups in total. The Morgan fingerprint density at radius 1 is 1.05 bits per heavy atom. The third-order valence-corrected chi connectivity index (χ3v) is 4.59. The van der Waals surface area contributed by atoms with Gasteiger partial charge < -0.3 is 16.0 Å². The quantitative estimate of drug-likeness (QED) is 0.735. The molecule has 1 aliphatic carbocycles. The van der Waals surface area contributed by atoms with Crippen LogP contribution in [0.4, 0.5) is 0 Å². The van der Waals surface area contributed by atoms with Gasteiger partial charge >= 0.3 is 0 Å². The summed E-state index contributed by atoms with van der Waals surface area (Å²) in [5.41, 5.74) is 5.20. The Morgan fingerprint density at radius 3 is 2.33 bits per heavy atom. The molecule has 2 aliphatic rings. The zero-order valence-electron chi connectivity index (χ0n) is 12.9. The van der Waals surface area contributed by atoms with E-state index < -0.39 is 0 Å². The number of carbonyl (C=O) groups excluding carboxylic acids is 2. The highest BCUT2D eigenvalue weighted by Gasteiger charge is 2.23. The van der Waals surface area contributed by atoms with E-state index in [1.54, 1.807) is 0 Å². The average Bonchev–Trinajstić information content (AvgIpc) is 2.54. The molecule has 120 valence electrons. The van der Waals surface area contributed by atoms with Gasteiger partial charge in [-0.15, -0.1) is 0 Å². The number of amides is 2. The SMILES string of the molecule is NCC(=O)NCC(=O)N1CCN(CC2CCCCC2)CC1. The Hall–Kier alpha value is -1.14. The van der Waals surface area contributed by atoms with E-state index in [4.69, 9.17) is 5.73 Å². The summed E-state index contributed by atoms with van der Waals surface area (Å²) in [4.78, 5) is 27.4. The van der Waals surface area contributed by atoms with Crippen molar-refractivity contribution in [1.82, 2.24) is 15.1 Å². The number of nitrogens with one attached hydrogen (secondary N) is 1. The van der Waals surface area contributed by atoms with Crippen LogP contribution in [0.1, 0.15) is 32.1 Å². The summed E-state index contributed by atoms with van der Waals surface area (Å²) in [7, 11) is 0. The van der Waals surface area contributed by atoms with Crippen LogP contribution in [-0.4, -0.2) is 67.4 Å². The molecule has 2 amide bonds. The van der Waals surface area contributed by atoms with Crippen molar-refractivity contribution in [1.29, 1.82) is 0 Å². The van der Waals surface area contributed by atoms with E-state index in [1.165, 1.54) is 38.6 Å². The number of carbonyl (C=O) groups is 2. The fourth-order valence-electron chi connectivity index (χ4n) is 3.27. The maximum absolute atomic E-state index is 12.0. The number of piperazine rings is 1. The second kappa shape index (κ2) is 8.34. The Morgan fingerprint density at radius 2 is 1.71 bits per heavy atom. The molecule has 0 unspecified atom stereocenters. The zero-order valence-corrected chi connectivity index (χ0v) is 12.9. The Labute approximate surface area is 127 Å². The predicted molar refractivity (Wildman–Crippen MR) is 81.7 cm³/mol. The molecule has 6 heteroatoms. The first-order valence-corrected chi connectivity index (χ1v) is 8.16. The summed E-state index contributed by atoms with van der Waals surface area (Å²) in [6, 6.07) is 0. The highest BCUT2D eigenvalue weighted by molar-refractivity contribution is 5.85. The van der Waals surface area contributed by atoms with Crippen LogP contribution in [-0.2, 0) is 9.59 Å². The van der Waals surface area contributed by atoms with Crippen LogP contribution in [0.5, 0.6) is 0 Å². The topological polar surface area (TPSA) is 78.7 Å². The molecule has 1 saturated heterocycles. The van der Waals surface area contributed by atoms with E-state index >= 15 is 0 Å². The van der Waals surface area contributed by atoms with Crippen molar-refractivity contribution in [3.63, 3.8) is 0 Å². The number of rotatable bonds is 5. The molecule has 1 heterocycles. The highest BCUT2D eigenvalue weighted by Crippen LogP contribution is 2.24. The molecular formula is C15H28N4O2. The Kier molecular flexibility index (Phi) is 6.45. The van der Waals surface area contributed by atoms with Gasteiger partial charge in [-0.1, -0.05) is 19.3 Å². The van der Waals surface area contributed by atoms with Crippen LogP contribution in [0.3, 0.4) is 0 Å². The Balaban J connectivity index is 1.65. The summed E-state index contributed by atoms with van der Waals surface area (Å²) < 4.78 is 0. The first-order chi connectivity index (χ1) is 10.2. The molecule has 0 aromatic heterocycles. The molecule has 6 nitrogen and oxygen atoms in total. The van der Waals surface area contributed by atoms with Crippen molar-refractivity contribution in [2.45, 2.75) is 32.1 Å². The maximum atomic E-state index is 12.0. The lowest BCUT2D eigenvalue weighted by atomic mass is 9.89. The van der Waals surface area contributed by atoms with Gasteiger partial charge in [0.25, 0.3) is 0 Å². The Bertz CT molecular complexity index is 348. The standard InChI is InChI=1S/C15H28N4O2/c16-10-14(20)17-11-15(21)19-8-6-18(7-9-19)12-13-4-2-1-3-5-13/h13H,1-12,16H2,(H,17,20). The van der Waals surface area contributed by atoms with E-state index in [-0.39, 0.29) is 24.9 Å². The minimum Gasteiger partial charge on any atom is -0.346 e. The lowest BCUT2D eigenvalue weighted by molar-refractivity contribution is -0.134. The molecule has 0 radical (unpaired) electrons. The molecular weight excluding hydrogens is 268 g/mol. The lowest BCUT2D eigenvalue weighted by Gasteiger charge is -2.37. The summed E-state index contributed by atoms with van der Waals surface area (Å²) in [6.07, 6.45) is 6.88. The zero-order chi connectivity index (χ0) is 15.1. The van der Waals surface area contributed by atoms with E-state index in [9.17, 15) is 9.59 Å². The van der Waals surface area contributed by atoms with E-state index in [0.717, 1.165) is 32.1 Å². The molecule has 1 aliphatic heterocycles. The van der Waals surface area contributed by atoms with Gasteiger partial charge in [0.05, 0.1) is 13.1 Å². The first-order valence-electron chi connectivity index (χ1n) is 8.16. The van der Waals surface area contributed by atoms with Crippen LogP contribution in [0.15, 0.2) is 0 Å². The van der Waals surface area contributed by atoms with Gasteiger partial charge in [-0.05, 0) is 18.8 Å². The molecule has 0 bridgehead atoms. The monoisotopic (exact) mass is 296 g/mol. The third-order valence-electron chi connectivity index (χ3n) is 4.59. The summed E-state index contributed by atoms with van der Waals surface area (Å²) in [5, 5.41) is 2.54. The van der Waals surface area contributed by atoms with Gasteiger partial charge in [0, 0.05) is 32.7 Å². The van der Waals surface area contributed by atoms with Crippen LogP contribution in [0.2, 0.25) is 0 Å². The molecule has 0 spiro atoms. The van der Waals surface area contributed by atoms with Crippen LogP contribution in [0, 0.1) is 5.92 Å². The smallest absolute Gasteiger partial charge is 0.242 e. The largest absolute Gasteiger partial charge is 0.346 e. The fraction of sp³-hybridized carbons (Fsp3) is 0.867. The average molecular weight is 296 g/mol. The van der Waals surface area contributed by atoms with E-state index in [0.29, 0.717) is 0 Å². The van der Waals surface area contributed by atoms with Gasteiger partial charge in [-0.25, -0.2) is 0 Å². The van der Waals surface area contributed by atoms with Crippen molar-refractivity contribution in [2.75, 3.05) is 45.8 Å². The summed E-state index contributed by atoms with van der Waals surface area (Å²) in [6.45, 7) is 4.63. The molecule has 2 fully saturated rings.